The average Bonchev–Trinajstić information content (AvgIpc) is 3.42. The van der Waals surface area contributed by atoms with Crippen LogP contribution in [0.3, 0.4) is 0 Å². The Bertz CT molecular complexity index is 722. The van der Waals surface area contributed by atoms with Gasteiger partial charge in [0.2, 0.25) is 0 Å². The number of fused-ring (bicyclic) bond motifs is 1. The van der Waals surface area contributed by atoms with Crippen molar-refractivity contribution in [3.8, 4) is 0 Å². The summed E-state index contributed by atoms with van der Waals surface area (Å²) in [6.07, 6.45) is 17.2. The number of carbonyl (C=O) groups excluding carboxylic acids is 1. The molecule has 0 aromatic heterocycles. The summed E-state index contributed by atoms with van der Waals surface area (Å²) in [5, 5.41) is 0. The summed E-state index contributed by atoms with van der Waals surface area (Å²) in [6, 6.07) is 0.225. The zero-order chi connectivity index (χ0) is 18.3. The van der Waals surface area contributed by atoms with Gasteiger partial charge in [-0.15, -0.1) is 0 Å². The van der Waals surface area contributed by atoms with Crippen LogP contribution in [0.2, 0.25) is 0 Å². The maximum Gasteiger partial charge on any atom is 0.312 e. The molecule has 2 unspecified atom stereocenters. The van der Waals surface area contributed by atoms with E-state index in [4.69, 9.17) is 4.74 Å². The van der Waals surface area contributed by atoms with Gasteiger partial charge in [0, 0.05) is 56.6 Å². The van der Waals surface area contributed by atoms with E-state index in [9.17, 15) is 4.79 Å². The Morgan fingerprint density at radius 2 is 1.96 bits per heavy atom. The van der Waals surface area contributed by atoms with Crippen LogP contribution >= 0.6 is 0 Å². The lowest BCUT2D eigenvalue weighted by Crippen LogP contribution is -2.47. The van der Waals surface area contributed by atoms with Crippen LogP contribution in [0.1, 0.15) is 38.5 Å². The number of aliphatic imine (C=N–C) groups is 1. The molecular formula is C22H29N3O2. The van der Waals surface area contributed by atoms with Crippen LogP contribution in [-0.4, -0.2) is 66.9 Å². The number of hydrogen-bond acceptors (Lipinski definition) is 5. The van der Waals surface area contributed by atoms with E-state index in [-0.39, 0.29) is 23.5 Å². The molecule has 2 atom stereocenters. The van der Waals surface area contributed by atoms with Gasteiger partial charge in [-0.1, -0.05) is 25.0 Å². The van der Waals surface area contributed by atoms with Crippen LogP contribution in [0.15, 0.2) is 40.6 Å². The molecule has 1 saturated carbocycles. The third-order valence-corrected chi connectivity index (χ3v) is 7.03. The topological polar surface area (TPSA) is 45.1 Å². The lowest BCUT2D eigenvalue weighted by molar-refractivity contribution is -0.148. The molecular weight excluding hydrogens is 338 g/mol. The van der Waals surface area contributed by atoms with E-state index in [1.54, 1.807) is 0 Å². The van der Waals surface area contributed by atoms with Crippen molar-refractivity contribution >= 4 is 12.2 Å². The standard InChI is InChI=1S/C22H29N3O2/c26-21-22(8-1-2-9-22)16-17(27-21)7-11-24-12-14-25(15-13-24)20-5-3-4-19-18(20)6-10-23-19/h3-6,10,17,19H,1-2,7-9,11-16H2. The summed E-state index contributed by atoms with van der Waals surface area (Å²) in [5.74, 6) is 0.0914. The summed E-state index contributed by atoms with van der Waals surface area (Å²) in [4.78, 5) is 21.8. The number of carbonyl (C=O) groups is 1. The fraction of sp³-hybridized carbons (Fsp3) is 0.636. The molecule has 0 amide bonds. The van der Waals surface area contributed by atoms with Crippen molar-refractivity contribution in [2.45, 2.75) is 50.7 Å². The molecule has 5 rings (SSSR count). The number of rotatable bonds is 4. The van der Waals surface area contributed by atoms with Crippen LogP contribution in [0.4, 0.5) is 0 Å². The van der Waals surface area contributed by atoms with Crippen molar-refractivity contribution < 1.29 is 9.53 Å². The summed E-state index contributed by atoms with van der Waals surface area (Å²) in [5.41, 5.74) is 2.57. The molecule has 1 spiro atoms. The van der Waals surface area contributed by atoms with E-state index < -0.39 is 0 Å². The van der Waals surface area contributed by atoms with Gasteiger partial charge in [0.1, 0.15) is 6.10 Å². The molecule has 144 valence electrons. The number of esters is 1. The molecule has 5 heteroatoms. The molecule has 2 aliphatic carbocycles. The van der Waals surface area contributed by atoms with E-state index in [1.165, 1.54) is 24.1 Å². The second-order valence-electron chi connectivity index (χ2n) is 8.64. The largest absolute Gasteiger partial charge is 0.462 e. The first kappa shape index (κ1) is 17.2. The Labute approximate surface area is 161 Å². The molecule has 3 aliphatic heterocycles. The average molecular weight is 367 g/mol. The van der Waals surface area contributed by atoms with E-state index in [1.807, 2.05) is 6.21 Å². The third-order valence-electron chi connectivity index (χ3n) is 7.03. The number of piperazine rings is 1. The van der Waals surface area contributed by atoms with Gasteiger partial charge in [-0.3, -0.25) is 14.7 Å². The Morgan fingerprint density at radius 3 is 2.78 bits per heavy atom. The highest BCUT2D eigenvalue weighted by atomic mass is 16.6. The first-order valence-electron chi connectivity index (χ1n) is 10.5. The van der Waals surface area contributed by atoms with E-state index in [0.29, 0.717) is 0 Å². The third kappa shape index (κ3) is 3.16. The normalized spacial score (nSPS) is 32.0. The summed E-state index contributed by atoms with van der Waals surface area (Å²) in [6.45, 7) is 5.29. The van der Waals surface area contributed by atoms with Crippen LogP contribution in [-0.2, 0) is 9.53 Å². The molecule has 0 bridgehead atoms. The van der Waals surface area contributed by atoms with Crippen molar-refractivity contribution in [2.24, 2.45) is 10.4 Å². The van der Waals surface area contributed by atoms with Gasteiger partial charge < -0.3 is 9.64 Å². The van der Waals surface area contributed by atoms with Crippen molar-refractivity contribution in [2.75, 3.05) is 32.7 Å². The predicted octanol–water partition coefficient (Wildman–Crippen LogP) is 2.70. The van der Waals surface area contributed by atoms with E-state index in [0.717, 1.165) is 58.4 Å². The zero-order valence-corrected chi connectivity index (χ0v) is 16.0. The van der Waals surface area contributed by atoms with E-state index >= 15 is 0 Å². The van der Waals surface area contributed by atoms with Gasteiger partial charge in [-0.2, -0.15) is 0 Å². The number of allylic oxidation sites excluding steroid dienone is 3. The highest BCUT2D eigenvalue weighted by Crippen LogP contribution is 2.48. The van der Waals surface area contributed by atoms with Gasteiger partial charge in [-0.25, -0.2) is 0 Å². The van der Waals surface area contributed by atoms with Gasteiger partial charge >= 0.3 is 5.97 Å². The van der Waals surface area contributed by atoms with Gasteiger partial charge in [-0.05, 0) is 31.4 Å². The van der Waals surface area contributed by atoms with Crippen LogP contribution in [0, 0.1) is 5.41 Å². The second-order valence-corrected chi connectivity index (χ2v) is 8.64. The Balaban J connectivity index is 1.11. The van der Waals surface area contributed by atoms with Crippen LogP contribution < -0.4 is 0 Å². The molecule has 0 N–H and O–H groups in total. The van der Waals surface area contributed by atoms with Crippen LogP contribution in [0.5, 0.6) is 0 Å². The van der Waals surface area contributed by atoms with Gasteiger partial charge in [0.15, 0.2) is 0 Å². The monoisotopic (exact) mass is 367 g/mol. The maximum atomic E-state index is 12.3. The number of hydrogen-bond donors (Lipinski definition) is 0. The minimum Gasteiger partial charge on any atom is -0.462 e. The zero-order valence-electron chi connectivity index (χ0n) is 16.0. The predicted molar refractivity (Wildman–Crippen MR) is 106 cm³/mol. The first-order chi connectivity index (χ1) is 13.2. The summed E-state index contributed by atoms with van der Waals surface area (Å²) >= 11 is 0. The molecule has 5 aliphatic rings. The lowest BCUT2D eigenvalue weighted by Gasteiger charge is -2.39. The van der Waals surface area contributed by atoms with Gasteiger partial charge in [0.25, 0.3) is 0 Å². The molecule has 0 aromatic carbocycles. The minimum atomic E-state index is -0.113. The molecule has 0 radical (unpaired) electrons. The van der Waals surface area contributed by atoms with Crippen molar-refractivity contribution in [1.29, 1.82) is 0 Å². The minimum absolute atomic E-state index is 0.0914. The molecule has 27 heavy (non-hydrogen) atoms. The summed E-state index contributed by atoms with van der Waals surface area (Å²) in [7, 11) is 0. The highest BCUT2D eigenvalue weighted by molar-refractivity contribution is 5.80. The Morgan fingerprint density at radius 1 is 1.15 bits per heavy atom. The Hall–Kier alpha value is -1.88. The van der Waals surface area contributed by atoms with Crippen molar-refractivity contribution in [3.05, 3.63) is 35.6 Å². The molecule has 5 nitrogen and oxygen atoms in total. The fourth-order valence-electron chi connectivity index (χ4n) is 5.42. The van der Waals surface area contributed by atoms with Crippen LogP contribution in [0.25, 0.3) is 0 Å². The van der Waals surface area contributed by atoms with Crippen molar-refractivity contribution in [3.63, 3.8) is 0 Å². The SMILES string of the molecule is O=C1OC(CCN2CCN(C3=CC=CC4N=CC=C34)CC2)CC12CCCC2. The quantitative estimate of drug-likeness (QED) is 0.717. The second kappa shape index (κ2) is 6.93. The smallest absolute Gasteiger partial charge is 0.312 e. The van der Waals surface area contributed by atoms with Crippen molar-refractivity contribution in [1.82, 2.24) is 9.80 Å². The summed E-state index contributed by atoms with van der Waals surface area (Å²) < 4.78 is 5.74. The number of nitrogens with zero attached hydrogens (tertiary/aromatic N) is 3. The highest BCUT2D eigenvalue weighted by Gasteiger charge is 2.50. The van der Waals surface area contributed by atoms with E-state index in [2.05, 4.69) is 39.1 Å². The molecule has 3 fully saturated rings. The number of ether oxygens (including phenoxy) is 1. The number of cyclic esters (lactones) is 1. The first-order valence-corrected chi connectivity index (χ1v) is 10.5. The molecule has 0 aromatic rings. The Kier molecular flexibility index (Phi) is 4.43. The maximum absolute atomic E-state index is 12.3. The fourth-order valence-corrected chi connectivity index (χ4v) is 5.42. The molecule has 3 heterocycles. The van der Waals surface area contributed by atoms with Gasteiger partial charge in [0.05, 0.1) is 11.5 Å². The molecule has 2 saturated heterocycles. The lowest BCUT2D eigenvalue weighted by atomic mass is 9.83.